The molecule has 114 valence electrons. The quantitative estimate of drug-likeness (QED) is 0.516. The molecule has 1 atom stereocenters. The van der Waals surface area contributed by atoms with Crippen LogP contribution in [0, 0.1) is 0 Å². The first-order valence-electron chi connectivity index (χ1n) is 7.72. The molecule has 0 aliphatic heterocycles. The van der Waals surface area contributed by atoms with E-state index in [2.05, 4.69) is 19.1 Å². The maximum absolute atomic E-state index is 8.69. The van der Waals surface area contributed by atoms with Crippen LogP contribution in [0.25, 0.3) is 0 Å². The van der Waals surface area contributed by atoms with Crippen molar-refractivity contribution in [3.63, 3.8) is 0 Å². The van der Waals surface area contributed by atoms with Gasteiger partial charge in [0.15, 0.2) is 0 Å². The van der Waals surface area contributed by atoms with Gasteiger partial charge in [0, 0.05) is 16.9 Å². The van der Waals surface area contributed by atoms with Crippen molar-refractivity contribution in [2.45, 2.75) is 57.1 Å². The first-order valence-corrected chi connectivity index (χ1v) is 9.14. The number of unbranched alkanes of at least 4 members (excludes halogenated alkanes) is 6. The van der Waals surface area contributed by atoms with E-state index in [9.17, 15) is 0 Å². The van der Waals surface area contributed by atoms with Gasteiger partial charge >= 0.3 is 0 Å². The largest absolute Gasteiger partial charge is 0.396 e. The lowest BCUT2D eigenvalue weighted by atomic mass is 10.1. The first kappa shape index (κ1) is 17.9. The fourth-order valence-electron chi connectivity index (χ4n) is 2.19. The van der Waals surface area contributed by atoms with Gasteiger partial charge in [-0.25, -0.2) is 0 Å². The predicted molar refractivity (Wildman–Crippen MR) is 91.7 cm³/mol. The molecule has 1 unspecified atom stereocenters. The summed E-state index contributed by atoms with van der Waals surface area (Å²) in [5.74, 6) is 1.24. The smallest absolute Gasteiger partial charge is 0.0431 e. The molecule has 0 aromatic heterocycles. The van der Waals surface area contributed by atoms with E-state index in [1.165, 1.54) is 49.8 Å². The van der Waals surface area contributed by atoms with Gasteiger partial charge in [-0.2, -0.15) is 11.8 Å². The van der Waals surface area contributed by atoms with E-state index in [0.29, 0.717) is 11.9 Å². The van der Waals surface area contributed by atoms with E-state index < -0.39 is 0 Å². The van der Waals surface area contributed by atoms with Crippen LogP contribution in [0.5, 0.6) is 0 Å². The lowest BCUT2D eigenvalue weighted by molar-refractivity contribution is 0.282. The predicted octanol–water partition coefficient (Wildman–Crippen LogP) is 5.86. The zero-order valence-corrected chi connectivity index (χ0v) is 14.1. The Labute approximate surface area is 133 Å². The van der Waals surface area contributed by atoms with Crippen LogP contribution >= 0.6 is 23.4 Å². The number of benzene rings is 1. The van der Waals surface area contributed by atoms with E-state index in [1.807, 2.05) is 23.9 Å². The summed E-state index contributed by atoms with van der Waals surface area (Å²) in [5.41, 5.74) is 1.36. The van der Waals surface area contributed by atoms with Gasteiger partial charge in [-0.05, 0) is 43.2 Å². The molecular formula is C17H27ClOS. The molecule has 0 bridgehead atoms. The highest BCUT2D eigenvalue weighted by molar-refractivity contribution is 7.99. The average molecular weight is 315 g/mol. The molecule has 0 heterocycles. The normalized spacial score (nSPS) is 12.6. The third-order valence-corrected chi connectivity index (χ3v) is 5.06. The van der Waals surface area contributed by atoms with Crippen molar-refractivity contribution in [2.75, 3.05) is 12.4 Å². The van der Waals surface area contributed by atoms with Gasteiger partial charge in [-0.3, -0.25) is 0 Å². The Hall–Kier alpha value is -0.180. The fourth-order valence-corrected chi connectivity index (χ4v) is 3.39. The number of hydrogen-bond donors (Lipinski definition) is 1. The highest BCUT2D eigenvalue weighted by Crippen LogP contribution is 2.29. The Morgan fingerprint density at radius 2 is 1.50 bits per heavy atom. The zero-order valence-electron chi connectivity index (χ0n) is 12.5. The molecule has 1 nitrogen and oxygen atoms in total. The Morgan fingerprint density at radius 3 is 2.10 bits per heavy atom. The maximum atomic E-state index is 8.69. The number of aliphatic hydroxyl groups is 1. The number of hydrogen-bond acceptors (Lipinski definition) is 2. The second kappa shape index (κ2) is 11.5. The summed E-state index contributed by atoms with van der Waals surface area (Å²) in [6.45, 7) is 2.61. The van der Waals surface area contributed by atoms with Crippen molar-refractivity contribution in [1.29, 1.82) is 0 Å². The summed E-state index contributed by atoms with van der Waals surface area (Å²) >= 11 is 7.93. The summed E-state index contributed by atoms with van der Waals surface area (Å²) < 4.78 is 0. The lowest BCUT2D eigenvalue weighted by Gasteiger charge is -2.11. The lowest BCUT2D eigenvalue weighted by Crippen LogP contribution is -1.91. The molecule has 3 heteroatoms. The van der Waals surface area contributed by atoms with Crippen molar-refractivity contribution >= 4 is 23.4 Å². The van der Waals surface area contributed by atoms with Gasteiger partial charge in [-0.1, -0.05) is 55.8 Å². The molecule has 1 aromatic rings. The maximum Gasteiger partial charge on any atom is 0.0431 e. The standard InChI is InChI=1S/C17H27ClOS/c1-15(16-9-11-17(18)12-10-16)20-14-8-6-4-2-3-5-7-13-19/h9-12,15,19H,2-8,13-14H2,1H3. The van der Waals surface area contributed by atoms with Crippen LogP contribution in [0.4, 0.5) is 0 Å². The van der Waals surface area contributed by atoms with Crippen molar-refractivity contribution in [3.05, 3.63) is 34.9 Å². The number of aliphatic hydroxyl groups excluding tert-OH is 1. The van der Waals surface area contributed by atoms with E-state index >= 15 is 0 Å². The van der Waals surface area contributed by atoms with Gasteiger partial charge < -0.3 is 5.11 Å². The zero-order chi connectivity index (χ0) is 14.6. The molecule has 0 amide bonds. The molecule has 1 aromatic carbocycles. The van der Waals surface area contributed by atoms with Crippen molar-refractivity contribution in [1.82, 2.24) is 0 Å². The second-order valence-electron chi connectivity index (χ2n) is 5.26. The highest BCUT2D eigenvalue weighted by Gasteiger charge is 2.05. The van der Waals surface area contributed by atoms with Gasteiger partial charge in [0.1, 0.15) is 0 Å². The average Bonchev–Trinajstić information content (AvgIpc) is 2.46. The summed E-state index contributed by atoms with van der Waals surface area (Å²) in [4.78, 5) is 0. The number of halogens is 1. The molecule has 1 N–H and O–H groups in total. The Morgan fingerprint density at radius 1 is 0.950 bits per heavy atom. The molecule has 0 fully saturated rings. The second-order valence-corrected chi connectivity index (χ2v) is 7.15. The van der Waals surface area contributed by atoms with Crippen LogP contribution in [0.3, 0.4) is 0 Å². The fraction of sp³-hybridized carbons (Fsp3) is 0.647. The molecule has 0 aliphatic carbocycles. The minimum Gasteiger partial charge on any atom is -0.396 e. The minimum absolute atomic E-state index is 0.346. The van der Waals surface area contributed by atoms with Crippen LogP contribution in [0.15, 0.2) is 24.3 Å². The summed E-state index contributed by atoms with van der Waals surface area (Å²) in [5, 5.41) is 10.1. The minimum atomic E-state index is 0.346. The van der Waals surface area contributed by atoms with E-state index in [4.69, 9.17) is 16.7 Å². The third kappa shape index (κ3) is 8.18. The summed E-state index contributed by atoms with van der Waals surface area (Å²) in [6.07, 6.45) is 8.71. The monoisotopic (exact) mass is 314 g/mol. The Bertz CT molecular complexity index is 339. The van der Waals surface area contributed by atoms with E-state index in [1.54, 1.807) is 0 Å². The summed E-state index contributed by atoms with van der Waals surface area (Å²) in [6, 6.07) is 8.20. The first-order chi connectivity index (χ1) is 9.74. The van der Waals surface area contributed by atoms with Crippen molar-refractivity contribution < 1.29 is 5.11 Å². The van der Waals surface area contributed by atoms with Crippen LogP contribution < -0.4 is 0 Å². The molecular weight excluding hydrogens is 288 g/mol. The molecule has 0 spiro atoms. The van der Waals surface area contributed by atoms with Gasteiger partial charge in [-0.15, -0.1) is 0 Å². The van der Waals surface area contributed by atoms with Crippen LogP contribution in [-0.4, -0.2) is 17.5 Å². The van der Waals surface area contributed by atoms with Crippen LogP contribution in [-0.2, 0) is 0 Å². The Kier molecular flexibility index (Phi) is 10.3. The van der Waals surface area contributed by atoms with Crippen molar-refractivity contribution in [3.8, 4) is 0 Å². The highest BCUT2D eigenvalue weighted by atomic mass is 35.5. The van der Waals surface area contributed by atoms with E-state index in [-0.39, 0.29) is 0 Å². The van der Waals surface area contributed by atoms with Gasteiger partial charge in [0.2, 0.25) is 0 Å². The van der Waals surface area contributed by atoms with E-state index in [0.717, 1.165) is 11.4 Å². The molecule has 0 aliphatic rings. The van der Waals surface area contributed by atoms with Gasteiger partial charge in [0.05, 0.1) is 0 Å². The van der Waals surface area contributed by atoms with Gasteiger partial charge in [0.25, 0.3) is 0 Å². The number of thioether (sulfide) groups is 1. The van der Waals surface area contributed by atoms with Crippen LogP contribution in [0.2, 0.25) is 5.02 Å². The molecule has 1 rings (SSSR count). The Balaban J connectivity index is 1.99. The molecule has 0 saturated heterocycles. The van der Waals surface area contributed by atoms with Crippen LogP contribution in [0.1, 0.15) is 62.7 Å². The van der Waals surface area contributed by atoms with Crippen molar-refractivity contribution in [2.24, 2.45) is 0 Å². The topological polar surface area (TPSA) is 20.2 Å². The molecule has 20 heavy (non-hydrogen) atoms. The molecule has 0 radical (unpaired) electrons. The third-order valence-electron chi connectivity index (χ3n) is 3.51. The summed E-state index contributed by atoms with van der Waals surface area (Å²) in [7, 11) is 0. The SMILES string of the molecule is CC(SCCCCCCCCCO)c1ccc(Cl)cc1. The molecule has 0 saturated carbocycles. The number of rotatable bonds is 11.